The van der Waals surface area contributed by atoms with Gasteiger partial charge in [0.25, 0.3) is 5.78 Å². The predicted molar refractivity (Wildman–Crippen MR) is 146 cm³/mol. The third kappa shape index (κ3) is 14.0. The molecule has 0 heterocycles. The van der Waals surface area contributed by atoms with Crippen LogP contribution in [-0.4, -0.2) is 114 Å². The third-order valence-corrected chi connectivity index (χ3v) is 5.85. The van der Waals surface area contributed by atoms with E-state index in [9.17, 15) is 38.7 Å². The van der Waals surface area contributed by atoms with Gasteiger partial charge in [-0.25, -0.2) is 4.79 Å². The number of hydrogen-bond donors (Lipinski definition) is 10. The molecule has 0 aromatic carbocycles. The van der Waals surface area contributed by atoms with Crippen molar-refractivity contribution in [2.75, 3.05) is 26.7 Å². The van der Waals surface area contributed by atoms with Crippen molar-refractivity contribution >= 4 is 41.3 Å². The van der Waals surface area contributed by atoms with Crippen LogP contribution < -0.4 is 43.4 Å². The van der Waals surface area contributed by atoms with Gasteiger partial charge in [0.1, 0.15) is 24.2 Å². The molecule has 0 spiro atoms. The van der Waals surface area contributed by atoms with Crippen LogP contribution in [0, 0.1) is 0 Å². The standard InChI is InChI=1S/C24H44N8O9/c1-12(19(35)24(40)41)28-22(38)16(11-26)31-20(36)13(2)29-23(39)18(14(3)33)32-21(37)15(7-5-6-9-25)30-17(34)8-10-27-4/h12-16,18,27,33H,5-11,25-26H2,1-4H3,(H,28,38)(H,29,39)(H,30,34)(H,31,36)(H,32,37)(H,40,41)/t12-,13-,14+,15-,16-,18-/m0/s1. The van der Waals surface area contributed by atoms with Crippen molar-refractivity contribution in [2.24, 2.45) is 11.5 Å². The number of aliphatic carboxylic acids is 1. The molecule has 0 aromatic rings. The summed E-state index contributed by atoms with van der Waals surface area (Å²) < 4.78 is 0. The van der Waals surface area contributed by atoms with Gasteiger partial charge >= 0.3 is 5.97 Å². The Balaban J connectivity index is 5.34. The number of aliphatic hydroxyl groups excluding tert-OH is 1. The van der Waals surface area contributed by atoms with Gasteiger partial charge in [0.15, 0.2) is 0 Å². The summed E-state index contributed by atoms with van der Waals surface area (Å²) in [6, 6.07) is -6.52. The van der Waals surface area contributed by atoms with Crippen molar-refractivity contribution in [1.29, 1.82) is 0 Å². The average Bonchev–Trinajstić information content (AvgIpc) is 2.91. The zero-order chi connectivity index (χ0) is 31.7. The summed E-state index contributed by atoms with van der Waals surface area (Å²) >= 11 is 0. The van der Waals surface area contributed by atoms with Gasteiger partial charge in [-0.2, -0.15) is 0 Å². The maximum atomic E-state index is 13.0. The second-order valence-electron chi connectivity index (χ2n) is 9.41. The van der Waals surface area contributed by atoms with Crippen LogP contribution in [0.25, 0.3) is 0 Å². The Bertz CT molecular complexity index is 931. The molecule has 0 aliphatic rings. The van der Waals surface area contributed by atoms with E-state index in [1.807, 2.05) is 0 Å². The fraction of sp³-hybridized carbons (Fsp3) is 0.708. The zero-order valence-corrected chi connectivity index (χ0v) is 23.8. The molecule has 0 unspecified atom stereocenters. The molecule has 234 valence electrons. The van der Waals surface area contributed by atoms with E-state index in [0.29, 0.717) is 25.9 Å². The van der Waals surface area contributed by atoms with Crippen LogP contribution in [-0.2, 0) is 33.6 Å². The zero-order valence-electron chi connectivity index (χ0n) is 23.8. The van der Waals surface area contributed by atoms with E-state index in [1.165, 1.54) is 13.8 Å². The first-order valence-electron chi connectivity index (χ1n) is 13.2. The number of Topliss-reactive ketones (excluding diaryl/α,β-unsaturated/α-hetero) is 1. The summed E-state index contributed by atoms with van der Waals surface area (Å²) in [7, 11) is 1.67. The lowest BCUT2D eigenvalue weighted by molar-refractivity contribution is -0.150. The number of unbranched alkanes of at least 4 members (excludes halogenated alkanes) is 1. The number of rotatable bonds is 20. The molecule has 0 fully saturated rings. The second-order valence-corrected chi connectivity index (χ2v) is 9.41. The summed E-state index contributed by atoms with van der Waals surface area (Å²) in [5.74, 6) is -6.85. The first kappa shape index (κ1) is 37.3. The van der Waals surface area contributed by atoms with E-state index in [2.05, 4.69) is 31.9 Å². The largest absolute Gasteiger partial charge is 0.475 e. The molecule has 0 saturated heterocycles. The second kappa shape index (κ2) is 19.4. The summed E-state index contributed by atoms with van der Waals surface area (Å²) in [6.07, 6.45) is 0.0682. The number of ketones is 1. The maximum Gasteiger partial charge on any atom is 0.374 e. The molecular formula is C24H44N8O9. The quantitative estimate of drug-likeness (QED) is 0.0473. The number of carboxylic acids is 1. The number of carboxylic acid groups (broad SMARTS) is 1. The lowest BCUT2D eigenvalue weighted by Gasteiger charge is -2.26. The van der Waals surface area contributed by atoms with E-state index >= 15 is 0 Å². The SMILES string of the molecule is CNCCC(=O)N[C@@H](CCCCN)C(=O)N[C@H](C(=O)N[C@@H](C)C(=O)N[C@@H](CN)C(=O)N[C@@H](C)C(=O)C(=O)O)[C@@H](C)O. The topological polar surface area (TPSA) is 284 Å². The first-order chi connectivity index (χ1) is 19.2. The highest BCUT2D eigenvalue weighted by molar-refractivity contribution is 6.35. The van der Waals surface area contributed by atoms with Crippen molar-refractivity contribution < 1.29 is 43.8 Å². The third-order valence-electron chi connectivity index (χ3n) is 5.85. The van der Waals surface area contributed by atoms with Crippen LogP contribution in [0.3, 0.4) is 0 Å². The predicted octanol–water partition coefficient (Wildman–Crippen LogP) is -4.82. The molecule has 12 N–H and O–H groups in total. The number of nitrogens with one attached hydrogen (secondary N) is 6. The van der Waals surface area contributed by atoms with Crippen LogP contribution in [0.5, 0.6) is 0 Å². The average molecular weight is 589 g/mol. The monoisotopic (exact) mass is 588 g/mol. The van der Waals surface area contributed by atoms with Gasteiger partial charge in [0.05, 0.1) is 12.1 Å². The molecule has 0 aliphatic heterocycles. The van der Waals surface area contributed by atoms with Crippen molar-refractivity contribution in [3.05, 3.63) is 0 Å². The molecular weight excluding hydrogens is 544 g/mol. The molecule has 0 saturated carbocycles. The van der Waals surface area contributed by atoms with Gasteiger partial charge in [-0.15, -0.1) is 0 Å². The minimum atomic E-state index is -1.75. The normalized spacial score (nSPS) is 15.2. The fourth-order valence-corrected chi connectivity index (χ4v) is 3.39. The Morgan fingerprint density at radius 3 is 1.83 bits per heavy atom. The van der Waals surface area contributed by atoms with Gasteiger partial charge in [-0.1, -0.05) is 0 Å². The van der Waals surface area contributed by atoms with Crippen LogP contribution >= 0.6 is 0 Å². The van der Waals surface area contributed by atoms with Crippen LogP contribution in [0.1, 0.15) is 46.5 Å². The van der Waals surface area contributed by atoms with Crippen LogP contribution in [0.2, 0.25) is 0 Å². The molecule has 17 heteroatoms. The molecule has 41 heavy (non-hydrogen) atoms. The number of aliphatic hydroxyl groups is 1. The van der Waals surface area contributed by atoms with Gasteiger partial charge in [-0.3, -0.25) is 28.8 Å². The number of nitrogens with two attached hydrogens (primary N) is 2. The molecule has 0 aromatic heterocycles. The van der Waals surface area contributed by atoms with Gasteiger partial charge in [0.2, 0.25) is 29.5 Å². The lowest BCUT2D eigenvalue weighted by atomic mass is 10.1. The Labute approximate surface area is 238 Å². The van der Waals surface area contributed by atoms with E-state index in [1.54, 1.807) is 7.05 Å². The Morgan fingerprint density at radius 2 is 1.32 bits per heavy atom. The number of hydrogen-bond acceptors (Lipinski definition) is 11. The van der Waals surface area contributed by atoms with E-state index in [-0.39, 0.29) is 12.8 Å². The lowest BCUT2D eigenvalue weighted by Crippen LogP contribution is -2.61. The number of amides is 5. The minimum absolute atomic E-state index is 0.112. The summed E-state index contributed by atoms with van der Waals surface area (Å²) in [4.78, 5) is 85.3. The Morgan fingerprint density at radius 1 is 0.732 bits per heavy atom. The minimum Gasteiger partial charge on any atom is -0.475 e. The molecule has 0 aliphatic carbocycles. The van der Waals surface area contributed by atoms with E-state index in [0.717, 1.165) is 6.92 Å². The van der Waals surface area contributed by atoms with Crippen molar-refractivity contribution in [2.45, 2.75) is 82.8 Å². The van der Waals surface area contributed by atoms with E-state index < -0.39 is 84.1 Å². The summed E-state index contributed by atoms with van der Waals surface area (Å²) in [5, 5.41) is 33.5. The smallest absolute Gasteiger partial charge is 0.374 e. The summed E-state index contributed by atoms with van der Waals surface area (Å²) in [6.45, 7) is 4.02. The molecule has 17 nitrogen and oxygen atoms in total. The van der Waals surface area contributed by atoms with Gasteiger partial charge in [0, 0.05) is 19.5 Å². The first-order valence-corrected chi connectivity index (χ1v) is 13.2. The molecule has 6 atom stereocenters. The molecule has 0 rings (SSSR count). The number of carbonyl (C=O) groups is 7. The van der Waals surface area contributed by atoms with Crippen LogP contribution in [0.15, 0.2) is 0 Å². The highest BCUT2D eigenvalue weighted by atomic mass is 16.4. The van der Waals surface area contributed by atoms with Crippen LogP contribution in [0.4, 0.5) is 0 Å². The fourth-order valence-electron chi connectivity index (χ4n) is 3.39. The highest BCUT2D eigenvalue weighted by Crippen LogP contribution is 2.04. The number of carbonyl (C=O) groups excluding carboxylic acids is 6. The Kier molecular flexibility index (Phi) is 17.7. The Hall–Kier alpha value is -3.67. The van der Waals surface area contributed by atoms with Crippen molar-refractivity contribution in [3.63, 3.8) is 0 Å². The maximum absolute atomic E-state index is 13.0. The molecule has 0 bridgehead atoms. The highest BCUT2D eigenvalue weighted by Gasteiger charge is 2.32. The van der Waals surface area contributed by atoms with E-state index in [4.69, 9.17) is 16.6 Å². The molecule has 5 amide bonds. The molecule has 0 radical (unpaired) electrons. The van der Waals surface area contributed by atoms with Gasteiger partial charge < -0.3 is 53.6 Å². The van der Waals surface area contributed by atoms with Crippen molar-refractivity contribution in [1.82, 2.24) is 31.9 Å². The van der Waals surface area contributed by atoms with Gasteiger partial charge in [-0.05, 0) is 53.6 Å². The summed E-state index contributed by atoms with van der Waals surface area (Å²) in [5.41, 5.74) is 11.0. The van der Waals surface area contributed by atoms with Crippen molar-refractivity contribution in [3.8, 4) is 0 Å².